The van der Waals surface area contributed by atoms with E-state index in [4.69, 9.17) is 18.1 Å². The fraction of sp³-hybridized carbons (Fsp3) is 0.704. The maximum Gasteiger partial charge on any atom is 0.192 e. The van der Waals surface area contributed by atoms with E-state index in [1.807, 2.05) is 30.3 Å². The molecule has 5 nitrogen and oxygen atoms in total. The van der Waals surface area contributed by atoms with Crippen LogP contribution in [0.25, 0.3) is 0 Å². The van der Waals surface area contributed by atoms with Crippen LogP contribution in [0.2, 0.25) is 36.3 Å². The van der Waals surface area contributed by atoms with Crippen molar-refractivity contribution in [2.75, 3.05) is 0 Å². The maximum atomic E-state index is 11.6. The van der Waals surface area contributed by atoms with Crippen LogP contribution in [0.4, 0.5) is 0 Å². The Morgan fingerprint density at radius 2 is 1.29 bits per heavy atom. The first-order chi connectivity index (χ1) is 15.9. The number of rotatable bonds is 8. The topological polar surface area (TPSA) is 57.2 Å². The third-order valence-electron chi connectivity index (χ3n) is 8.06. The van der Waals surface area contributed by atoms with E-state index < -0.39 is 28.8 Å². The lowest BCUT2D eigenvalue weighted by Gasteiger charge is -2.46. The molecule has 0 fully saturated rings. The van der Waals surface area contributed by atoms with Crippen molar-refractivity contribution in [3.8, 4) is 5.75 Å². The van der Waals surface area contributed by atoms with Crippen LogP contribution in [0.3, 0.4) is 0 Å². The van der Waals surface area contributed by atoms with E-state index in [2.05, 4.69) is 87.7 Å². The SMILES string of the molecule is C[C@H]1[C@@H](O[Si](C)(C)C(C)(C)C)[C@H](O)C(SOOc2ccccc2)=C[C@H](C)[C@H]1O[Si](C)(C)C(C)(C)C. The summed E-state index contributed by atoms with van der Waals surface area (Å²) >= 11 is 1.06. The van der Waals surface area contributed by atoms with Crippen LogP contribution in [0.5, 0.6) is 5.75 Å². The average molecular weight is 541 g/mol. The summed E-state index contributed by atoms with van der Waals surface area (Å²) in [4.78, 5) is 6.16. The zero-order valence-electron chi connectivity index (χ0n) is 23.8. The monoisotopic (exact) mass is 540 g/mol. The number of benzene rings is 1. The number of hydrogen-bond donors (Lipinski definition) is 1. The molecule has 0 heterocycles. The molecule has 0 bridgehead atoms. The van der Waals surface area contributed by atoms with E-state index in [-0.39, 0.29) is 28.0 Å². The molecule has 1 aromatic carbocycles. The van der Waals surface area contributed by atoms with Crippen molar-refractivity contribution in [1.29, 1.82) is 0 Å². The largest absolute Gasteiger partial charge is 0.413 e. The Hall–Kier alpha value is -0.616. The van der Waals surface area contributed by atoms with E-state index in [0.717, 1.165) is 12.0 Å². The molecule has 200 valence electrons. The summed E-state index contributed by atoms with van der Waals surface area (Å²) in [6.45, 7) is 26.8. The van der Waals surface area contributed by atoms with Gasteiger partial charge in [0.05, 0.1) is 24.3 Å². The first-order valence-corrected chi connectivity index (χ1v) is 19.2. The summed E-state index contributed by atoms with van der Waals surface area (Å²) in [7, 11) is -4.23. The molecule has 0 radical (unpaired) electrons. The molecule has 1 N–H and O–H groups in total. The van der Waals surface area contributed by atoms with Crippen LogP contribution in [0, 0.1) is 11.8 Å². The Morgan fingerprint density at radius 1 is 0.800 bits per heavy atom. The Morgan fingerprint density at radius 3 is 1.77 bits per heavy atom. The highest BCUT2D eigenvalue weighted by Crippen LogP contribution is 2.45. The van der Waals surface area contributed by atoms with E-state index in [0.29, 0.717) is 10.7 Å². The van der Waals surface area contributed by atoms with Gasteiger partial charge >= 0.3 is 0 Å². The van der Waals surface area contributed by atoms with Gasteiger partial charge in [-0.05, 0) is 48.4 Å². The van der Waals surface area contributed by atoms with Gasteiger partial charge in [0.1, 0.15) is 6.10 Å². The molecular weight excluding hydrogens is 493 g/mol. The second kappa shape index (κ2) is 11.4. The van der Waals surface area contributed by atoms with Crippen molar-refractivity contribution < 1.29 is 23.2 Å². The van der Waals surface area contributed by atoms with Crippen LogP contribution in [-0.4, -0.2) is 40.1 Å². The van der Waals surface area contributed by atoms with Gasteiger partial charge in [0, 0.05) is 16.7 Å². The summed E-state index contributed by atoms with van der Waals surface area (Å²) < 4.78 is 19.4. The smallest absolute Gasteiger partial charge is 0.192 e. The molecule has 1 aliphatic carbocycles. The Balaban J connectivity index is 2.38. The standard InChI is InChI=1S/C27H48O5SSi2/c1-19-18-22(33-32-29-21-16-14-13-15-17-21)23(28)25(31-35(11,12)27(6,7)8)20(2)24(19)30-34(9,10)26(3,4)5/h13-20,23-25,28H,1-12H3/t19-,20+,23+,24+,25+/m0/s1. The van der Waals surface area contributed by atoms with Crippen LogP contribution in [-0.2, 0) is 13.2 Å². The van der Waals surface area contributed by atoms with Gasteiger partial charge in [-0.3, -0.25) is 0 Å². The van der Waals surface area contributed by atoms with E-state index in [1.54, 1.807) is 0 Å². The Bertz CT molecular complexity index is 845. The van der Waals surface area contributed by atoms with Gasteiger partial charge in [0.15, 0.2) is 22.4 Å². The molecule has 1 aromatic rings. The van der Waals surface area contributed by atoms with Crippen LogP contribution in [0.15, 0.2) is 41.3 Å². The van der Waals surface area contributed by atoms with Crippen molar-refractivity contribution in [3.05, 3.63) is 41.3 Å². The van der Waals surface area contributed by atoms with E-state index in [9.17, 15) is 5.11 Å². The van der Waals surface area contributed by atoms with Gasteiger partial charge < -0.3 is 18.8 Å². The molecule has 2 rings (SSSR count). The number of aliphatic hydroxyl groups excluding tert-OH is 1. The first-order valence-electron chi connectivity index (χ1n) is 12.7. The van der Waals surface area contributed by atoms with Crippen LogP contribution < -0.4 is 4.89 Å². The quantitative estimate of drug-likeness (QED) is 0.156. The fourth-order valence-corrected chi connectivity index (χ4v) is 7.17. The second-order valence-corrected chi connectivity index (χ2v) is 23.3. The van der Waals surface area contributed by atoms with Crippen molar-refractivity contribution in [2.24, 2.45) is 11.8 Å². The molecule has 0 amide bonds. The number of hydrogen-bond acceptors (Lipinski definition) is 6. The summed E-state index contributed by atoms with van der Waals surface area (Å²) in [6, 6.07) is 9.36. The van der Waals surface area contributed by atoms with Crippen LogP contribution >= 0.6 is 12.0 Å². The van der Waals surface area contributed by atoms with Crippen molar-refractivity contribution >= 4 is 28.7 Å². The number of para-hydroxylation sites is 1. The van der Waals surface area contributed by atoms with Crippen molar-refractivity contribution in [2.45, 2.75) is 110 Å². The van der Waals surface area contributed by atoms with Gasteiger partial charge in [0.2, 0.25) is 0 Å². The zero-order valence-corrected chi connectivity index (χ0v) is 26.7. The van der Waals surface area contributed by atoms with E-state index in [1.165, 1.54) is 0 Å². The lowest BCUT2D eigenvalue weighted by atomic mass is 9.90. The zero-order chi connectivity index (χ0) is 26.8. The predicted octanol–water partition coefficient (Wildman–Crippen LogP) is 7.96. The molecule has 0 aliphatic heterocycles. The molecule has 0 saturated heterocycles. The molecular formula is C27H48O5SSi2. The lowest BCUT2D eigenvalue weighted by molar-refractivity contribution is -0.0780. The fourth-order valence-electron chi connectivity index (χ4n) is 3.64. The molecule has 0 saturated carbocycles. The highest BCUT2D eigenvalue weighted by Gasteiger charge is 2.49. The minimum absolute atomic E-state index is 0.00681. The van der Waals surface area contributed by atoms with Gasteiger partial charge in [-0.25, -0.2) is 0 Å². The minimum atomic E-state index is -2.17. The Kier molecular flexibility index (Phi) is 9.98. The van der Waals surface area contributed by atoms with Crippen molar-refractivity contribution in [1.82, 2.24) is 0 Å². The highest BCUT2D eigenvalue weighted by atomic mass is 32.2. The highest BCUT2D eigenvalue weighted by molar-refractivity contribution is 7.98. The maximum absolute atomic E-state index is 11.6. The van der Waals surface area contributed by atoms with Gasteiger partial charge in [-0.2, -0.15) is 0 Å². The first kappa shape index (κ1) is 30.6. The summed E-state index contributed by atoms with van der Waals surface area (Å²) in [5.41, 5.74) is 0. The van der Waals surface area contributed by atoms with Crippen LogP contribution in [0.1, 0.15) is 55.4 Å². The Labute approximate surface area is 220 Å². The third-order valence-corrected chi connectivity index (χ3v) is 17.7. The molecule has 5 atom stereocenters. The number of aliphatic hydroxyl groups is 1. The minimum Gasteiger partial charge on any atom is -0.413 e. The second-order valence-electron chi connectivity index (χ2n) is 13.0. The molecule has 8 heteroatoms. The lowest BCUT2D eigenvalue weighted by Crippen LogP contribution is -2.53. The summed E-state index contributed by atoms with van der Waals surface area (Å²) in [5, 5.41) is 11.7. The normalized spacial score (nSPS) is 26.8. The molecule has 1 aliphatic rings. The average Bonchev–Trinajstić information content (AvgIpc) is 2.79. The molecule has 0 aromatic heterocycles. The van der Waals surface area contributed by atoms with Crippen molar-refractivity contribution in [3.63, 3.8) is 0 Å². The van der Waals surface area contributed by atoms with Gasteiger partial charge in [0.25, 0.3) is 0 Å². The molecule has 0 spiro atoms. The van der Waals surface area contributed by atoms with E-state index >= 15 is 0 Å². The van der Waals surface area contributed by atoms with Gasteiger partial charge in [-0.15, -0.1) is 4.33 Å². The van der Waals surface area contributed by atoms with Gasteiger partial charge in [-0.1, -0.05) is 79.7 Å². The summed E-state index contributed by atoms with van der Waals surface area (Å²) in [5.74, 6) is 0.676. The summed E-state index contributed by atoms with van der Waals surface area (Å²) in [6.07, 6.45) is 0.759. The predicted molar refractivity (Wildman–Crippen MR) is 152 cm³/mol. The molecule has 0 unspecified atom stereocenters. The molecule has 35 heavy (non-hydrogen) atoms. The third kappa shape index (κ3) is 7.69.